The molecule has 0 N–H and O–H groups in total. The normalized spacial score (nSPS) is 21.7. The van der Waals surface area contributed by atoms with Gasteiger partial charge in [-0.05, 0) is 43.2 Å². The zero-order valence-electron chi connectivity index (χ0n) is 17.1. The van der Waals surface area contributed by atoms with E-state index in [9.17, 15) is 22.0 Å². The van der Waals surface area contributed by atoms with Gasteiger partial charge in [0.15, 0.2) is 17.2 Å². The van der Waals surface area contributed by atoms with Crippen LogP contribution in [-0.2, 0) is 9.47 Å². The summed E-state index contributed by atoms with van der Waals surface area (Å²) in [7, 11) is 0. The lowest BCUT2D eigenvalue weighted by Crippen LogP contribution is -2.52. The summed E-state index contributed by atoms with van der Waals surface area (Å²) in [5, 5.41) is 0. The molecule has 170 valence electrons. The van der Waals surface area contributed by atoms with Crippen molar-refractivity contribution in [2.24, 2.45) is 0 Å². The van der Waals surface area contributed by atoms with Crippen LogP contribution < -0.4 is 9.47 Å². The van der Waals surface area contributed by atoms with Crippen molar-refractivity contribution in [3.63, 3.8) is 0 Å². The minimum absolute atomic E-state index is 0.00967. The average Bonchev–Trinajstić information content (AvgIpc) is 2.70. The van der Waals surface area contributed by atoms with Crippen LogP contribution >= 0.6 is 0 Å². The molecule has 0 saturated carbocycles. The zero-order valence-corrected chi connectivity index (χ0v) is 17.1. The molecule has 1 aliphatic rings. The van der Waals surface area contributed by atoms with Gasteiger partial charge in [-0.2, -0.15) is 8.78 Å². The van der Waals surface area contributed by atoms with E-state index < -0.39 is 48.7 Å². The third kappa shape index (κ3) is 5.46. The summed E-state index contributed by atoms with van der Waals surface area (Å²) in [6.45, 7) is 2.61. The van der Waals surface area contributed by atoms with E-state index in [1.807, 2.05) is 0 Å². The number of rotatable bonds is 8. The van der Waals surface area contributed by atoms with Crippen molar-refractivity contribution in [3.05, 3.63) is 48.0 Å². The molecule has 0 atom stereocenters. The molecule has 0 bridgehead atoms. The van der Waals surface area contributed by atoms with Crippen LogP contribution in [0.2, 0.25) is 0 Å². The molecule has 1 saturated heterocycles. The molecule has 1 heterocycles. The Morgan fingerprint density at radius 2 is 1.74 bits per heavy atom. The van der Waals surface area contributed by atoms with Crippen LogP contribution in [0.15, 0.2) is 36.4 Å². The Morgan fingerprint density at radius 3 is 2.32 bits per heavy atom. The van der Waals surface area contributed by atoms with Crippen LogP contribution in [0, 0.1) is 11.6 Å². The van der Waals surface area contributed by atoms with Crippen molar-refractivity contribution < 1.29 is 40.9 Å². The molecular weight excluding hydrogens is 423 g/mol. The molecule has 1 fully saturated rings. The van der Waals surface area contributed by atoms with Gasteiger partial charge in [-0.25, -0.2) is 13.2 Å². The Bertz CT molecular complexity index is 897. The Labute approximate surface area is 176 Å². The highest BCUT2D eigenvalue weighted by molar-refractivity contribution is 5.66. The van der Waals surface area contributed by atoms with Gasteiger partial charge in [0, 0.05) is 11.6 Å². The summed E-state index contributed by atoms with van der Waals surface area (Å²) >= 11 is 0. The van der Waals surface area contributed by atoms with Gasteiger partial charge in [-0.3, -0.25) is 0 Å². The maximum atomic E-state index is 14.5. The average molecular weight is 446 g/mol. The van der Waals surface area contributed by atoms with Gasteiger partial charge >= 0.3 is 6.11 Å². The topological polar surface area (TPSA) is 36.9 Å². The fraction of sp³-hybridized carbons (Fsp3) is 0.455. The third-order valence-corrected chi connectivity index (χ3v) is 4.70. The molecule has 0 radical (unpaired) electrons. The maximum Gasteiger partial charge on any atom is 0.451 e. The highest BCUT2D eigenvalue weighted by Gasteiger charge is 2.50. The largest absolute Gasteiger partial charge is 0.491 e. The number of alkyl halides is 3. The molecule has 0 aliphatic carbocycles. The summed E-state index contributed by atoms with van der Waals surface area (Å²) in [4.78, 5) is 0. The second-order valence-corrected chi connectivity index (χ2v) is 7.24. The fourth-order valence-corrected chi connectivity index (χ4v) is 3.27. The molecule has 2 aromatic carbocycles. The highest BCUT2D eigenvalue weighted by Crippen LogP contribution is 2.35. The molecule has 0 unspecified atom stereocenters. The van der Waals surface area contributed by atoms with Gasteiger partial charge < -0.3 is 18.9 Å². The first-order chi connectivity index (χ1) is 14.7. The first-order valence-electron chi connectivity index (χ1n) is 9.88. The minimum atomic E-state index is -3.98. The van der Waals surface area contributed by atoms with Crippen molar-refractivity contribution in [2.45, 2.75) is 44.8 Å². The Hall–Kier alpha value is -2.39. The first kappa shape index (κ1) is 23.3. The second-order valence-electron chi connectivity index (χ2n) is 7.24. The van der Waals surface area contributed by atoms with Crippen LogP contribution in [0.4, 0.5) is 22.0 Å². The number of ether oxygens (including phenoxy) is 4. The monoisotopic (exact) mass is 446 g/mol. The number of halogens is 5. The van der Waals surface area contributed by atoms with E-state index in [0.717, 1.165) is 18.2 Å². The second kappa shape index (κ2) is 9.40. The Balaban J connectivity index is 1.71. The van der Waals surface area contributed by atoms with Gasteiger partial charge in [0.2, 0.25) is 0 Å². The molecule has 3 rings (SSSR count). The number of hydrogen-bond acceptors (Lipinski definition) is 4. The predicted molar refractivity (Wildman–Crippen MR) is 103 cm³/mol. The molecule has 1 aliphatic heterocycles. The first-order valence-corrected chi connectivity index (χ1v) is 9.88. The number of hydrogen-bond donors (Lipinski definition) is 0. The number of benzene rings is 2. The van der Waals surface area contributed by atoms with Crippen LogP contribution in [0.5, 0.6) is 11.5 Å². The van der Waals surface area contributed by atoms with Crippen molar-refractivity contribution in [1.82, 2.24) is 0 Å². The van der Waals surface area contributed by atoms with E-state index >= 15 is 0 Å². The predicted octanol–water partition coefficient (Wildman–Crippen LogP) is 5.88. The zero-order chi connectivity index (χ0) is 22.6. The molecule has 31 heavy (non-hydrogen) atoms. The van der Waals surface area contributed by atoms with Gasteiger partial charge in [-0.15, -0.1) is 0 Å². The fourth-order valence-electron chi connectivity index (χ4n) is 3.27. The van der Waals surface area contributed by atoms with Crippen LogP contribution in [0.25, 0.3) is 11.1 Å². The lowest BCUT2D eigenvalue weighted by atomic mass is 10.0. The van der Waals surface area contributed by atoms with E-state index in [0.29, 0.717) is 6.42 Å². The Kier molecular flexibility index (Phi) is 7.06. The smallest absolute Gasteiger partial charge is 0.451 e. The van der Waals surface area contributed by atoms with Gasteiger partial charge in [0.05, 0.1) is 19.8 Å². The van der Waals surface area contributed by atoms with Crippen molar-refractivity contribution >= 4 is 0 Å². The van der Waals surface area contributed by atoms with Crippen LogP contribution in [0.1, 0.15) is 26.7 Å². The van der Waals surface area contributed by atoms with E-state index in [-0.39, 0.29) is 29.9 Å². The van der Waals surface area contributed by atoms with E-state index in [4.69, 9.17) is 14.2 Å². The summed E-state index contributed by atoms with van der Waals surface area (Å²) in [6.07, 6.45) is -5.49. The lowest BCUT2D eigenvalue weighted by Gasteiger charge is -2.36. The SMILES string of the molecule is CCCC1(F)COC(C(F)(F)Oc2ccc(-c3ccc(OCC)c(F)c3)c(F)c2)OC1. The summed E-state index contributed by atoms with van der Waals surface area (Å²) in [6, 6.07) is 6.93. The maximum absolute atomic E-state index is 14.5. The van der Waals surface area contributed by atoms with Crippen molar-refractivity contribution in [1.29, 1.82) is 0 Å². The molecular formula is C22H23F5O4. The third-order valence-electron chi connectivity index (χ3n) is 4.70. The molecule has 0 aromatic heterocycles. The lowest BCUT2D eigenvalue weighted by molar-refractivity contribution is -0.362. The van der Waals surface area contributed by atoms with E-state index in [2.05, 4.69) is 4.74 Å². The van der Waals surface area contributed by atoms with E-state index in [1.165, 1.54) is 18.2 Å². The molecule has 4 nitrogen and oxygen atoms in total. The van der Waals surface area contributed by atoms with Crippen LogP contribution in [-0.4, -0.2) is 37.9 Å². The standard InChI is InChI=1S/C22H23F5O4/c1-3-9-21(25)12-29-20(30-13-21)22(26,27)31-15-6-7-16(17(23)11-15)14-5-8-19(28-4-2)18(24)10-14/h5-8,10-11,20H,3-4,9,12-13H2,1-2H3. The molecule has 0 spiro atoms. The molecule has 2 aromatic rings. The summed E-state index contributed by atoms with van der Waals surface area (Å²) in [5.74, 6) is -2.04. The highest BCUT2D eigenvalue weighted by atomic mass is 19.3. The van der Waals surface area contributed by atoms with E-state index in [1.54, 1.807) is 13.8 Å². The summed E-state index contributed by atoms with van der Waals surface area (Å²) in [5.41, 5.74) is -1.64. The van der Waals surface area contributed by atoms with Gasteiger partial charge in [0.25, 0.3) is 6.29 Å². The molecule has 0 amide bonds. The van der Waals surface area contributed by atoms with Crippen LogP contribution in [0.3, 0.4) is 0 Å². The van der Waals surface area contributed by atoms with Gasteiger partial charge in [0.1, 0.15) is 11.6 Å². The van der Waals surface area contributed by atoms with Crippen molar-refractivity contribution in [3.8, 4) is 22.6 Å². The summed E-state index contributed by atoms with van der Waals surface area (Å²) < 4.78 is 91.0. The Morgan fingerprint density at radius 1 is 1.03 bits per heavy atom. The minimum Gasteiger partial charge on any atom is -0.491 e. The molecule has 9 heteroatoms. The van der Waals surface area contributed by atoms with Gasteiger partial charge in [-0.1, -0.05) is 19.4 Å². The van der Waals surface area contributed by atoms with Crippen molar-refractivity contribution in [2.75, 3.05) is 19.8 Å². The quantitative estimate of drug-likeness (QED) is 0.475.